The number of aliphatic hydroxyl groups is 1. The maximum Gasteiger partial charge on any atom is 0.126 e. The molecule has 21 heavy (non-hydrogen) atoms. The molecular formula is C15H13BrClF2NO. The summed E-state index contributed by atoms with van der Waals surface area (Å²) in [5, 5.41) is 11.0. The Morgan fingerprint density at radius 1 is 1.14 bits per heavy atom. The molecule has 112 valence electrons. The van der Waals surface area contributed by atoms with E-state index in [4.69, 9.17) is 17.3 Å². The van der Waals surface area contributed by atoms with Gasteiger partial charge in [-0.3, -0.25) is 0 Å². The van der Waals surface area contributed by atoms with E-state index in [0.29, 0.717) is 20.6 Å². The monoisotopic (exact) mass is 375 g/mol. The molecule has 2 unspecified atom stereocenters. The highest BCUT2D eigenvalue weighted by Gasteiger charge is 2.24. The summed E-state index contributed by atoms with van der Waals surface area (Å²) < 4.78 is 27.3. The van der Waals surface area contributed by atoms with E-state index in [0.717, 1.165) is 6.07 Å². The Morgan fingerprint density at radius 2 is 1.76 bits per heavy atom. The lowest BCUT2D eigenvalue weighted by molar-refractivity contribution is 0.146. The first-order chi connectivity index (χ1) is 9.92. The van der Waals surface area contributed by atoms with Crippen molar-refractivity contribution in [2.75, 3.05) is 6.54 Å². The molecule has 0 saturated carbocycles. The second-order valence-corrected chi connectivity index (χ2v) is 5.95. The Balaban J connectivity index is 2.42. The third-order valence-corrected chi connectivity index (χ3v) is 4.18. The van der Waals surface area contributed by atoms with E-state index in [1.54, 1.807) is 18.2 Å². The van der Waals surface area contributed by atoms with Gasteiger partial charge in [-0.25, -0.2) is 8.78 Å². The zero-order valence-electron chi connectivity index (χ0n) is 10.9. The smallest absolute Gasteiger partial charge is 0.126 e. The van der Waals surface area contributed by atoms with Crippen LogP contribution in [0.3, 0.4) is 0 Å². The Hall–Kier alpha value is -1.01. The number of aliphatic hydroxyl groups excluding tert-OH is 1. The molecule has 0 radical (unpaired) electrons. The molecule has 0 heterocycles. The van der Waals surface area contributed by atoms with Crippen LogP contribution < -0.4 is 5.73 Å². The number of hydrogen-bond acceptors (Lipinski definition) is 2. The van der Waals surface area contributed by atoms with Gasteiger partial charge in [-0.2, -0.15) is 0 Å². The van der Waals surface area contributed by atoms with Gasteiger partial charge >= 0.3 is 0 Å². The van der Waals surface area contributed by atoms with Gasteiger partial charge in [0.25, 0.3) is 0 Å². The summed E-state index contributed by atoms with van der Waals surface area (Å²) in [7, 11) is 0. The van der Waals surface area contributed by atoms with E-state index in [-0.39, 0.29) is 6.54 Å². The fraction of sp³-hybridized carbons (Fsp3) is 0.200. The van der Waals surface area contributed by atoms with E-state index in [2.05, 4.69) is 15.9 Å². The van der Waals surface area contributed by atoms with Crippen LogP contribution in [0.15, 0.2) is 40.9 Å². The molecule has 0 bridgehead atoms. The molecule has 6 heteroatoms. The van der Waals surface area contributed by atoms with Gasteiger partial charge in [0.05, 0.1) is 6.10 Å². The van der Waals surface area contributed by atoms with Crippen LogP contribution >= 0.6 is 27.5 Å². The lowest BCUT2D eigenvalue weighted by Crippen LogP contribution is -2.21. The van der Waals surface area contributed by atoms with Gasteiger partial charge < -0.3 is 10.8 Å². The van der Waals surface area contributed by atoms with Gasteiger partial charge in [-0.05, 0) is 41.5 Å². The molecule has 0 aliphatic carbocycles. The highest BCUT2D eigenvalue weighted by Crippen LogP contribution is 2.35. The van der Waals surface area contributed by atoms with Crippen molar-refractivity contribution < 1.29 is 13.9 Å². The molecule has 2 aromatic rings. The van der Waals surface area contributed by atoms with E-state index in [1.165, 1.54) is 12.1 Å². The summed E-state index contributed by atoms with van der Waals surface area (Å²) >= 11 is 9.24. The van der Waals surface area contributed by atoms with Crippen molar-refractivity contribution in [1.29, 1.82) is 0 Å². The van der Waals surface area contributed by atoms with Crippen LogP contribution in [0.2, 0.25) is 5.02 Å². The third-order valence-electron chi connectivity index (χ3n) is 3.22. The fourth-order valence-corrected chi connectivity index (χ4v) is 2.86. The molecule has 3 N–H and O–H groups in total. The first-order valence-electron chi connectivity index (χ1n) is 6.21. The molecule has 0 spiro atoms. The first-order valence-corrected chi connectivity index (χ1v) is 7.38. The van der Waals surface area contributed by atoms with Crippen LogP contribution in [0.4, 0.5) is 8.78 Å². The van der Waals surface area contributed by atoms with Crippen LogP contribution in [-0.2, 0) is 0 Å². The molecule has 0 aliphatic heterocycles. The van der Waals surface area contributed by atoms with Gasteiger partial charge in [-0.1, -0.05) is 27.5 Å². The van der Waals surface area contributed by atoms with Gasteiger partial charge in [0, 0.05) is 28.0 Å². The minimum atomic E-state index is -1.04. The topological polar surface area (TPSA) is 46.2 Å². The Labute approximate surface area is 134 Å². The van der Waals surface area contributed by atoms with E-state index in [1.807, 2.05) is 0 Å². The van der Waals surface area contributed by atoms with Gasteiger partial charge in [0.15, 0.2) is 0 Å². The number of benzene rings is 2. The molecule has 0 aromatic heterocycles. The fourth-order valence-electron chi connectivity index (χ4n) is 2.19. The molecule has 0 fully saturated rings. The van der Waals surface area contributed by atoms with Crippen molar-refractivity contribution in [3.63, 3.8) is 0 Å². The number of hydrogen-bond donors (Lipinski definition) is 2. The average Bonchev–Trinajstić information content (AvgIpc) is 2.41. The average molecular weight is 377 g/mol. The molecule has 2 atom stereocenters. The maximum atomic E-state index is 13.3. The number of halogens is 4. The summed E-state index contributed by atoms with van der Waals surface area (Å²) in [4.78, 5) is 0. The molecule has 0 aliphatic rings. The predicted octanol–water partition coefficient (Wildman–Crippen LogP) is 4.16. The Bertz CT molecular complexity index is 633. The second kappa shape index (κ2) is 6.83. The molecule has 2 nitrogen and oxygen atoms in total. The van der Waals surface area contributed by atoms with Gasteiger partial charge in [0.2, 0.25) is 0 Å². The van der Waals surface area contributed by atoms with Crippen LogP contribution in [0.25, 0.3) is 0 Å². The first kappa shape index (κ1) is 16.4. The number of rotatable bonds is 4. The van der Waals surface area contributed by atoms with Crippen molar-refractivity contribution in [2.24, 2.45) is 5.73 Å². The van der Waals surface area contributed by atoms with Gasteiger partial charge in [-0.15, -0.1) is 0 Å². The van der Waals surface area contributed by atoms with Crippen LogP contribution in [-0.4, -0.2) is 11.7 Å². The lowest BCUT2D eigenvalue weighted by atomic mass is 9.89. The minimum absolute atomic E-state index is 0.0308. The Kier molecular flexibility index (Phi) is 5.32. The summed E-state index contributed by atoms with van der Waals surface area (Å²) in [5.74, 6) is -2.06. The molecule has 2 aromatic carbocycles. The van der Waals surface area contributed by atoms with Crippen molar-refractivity contribution in [3.8, 4) is 0 Å². The zero-order valence-corrected chi connectivity index (χ0v) is 13.2. The molecule has 0 saturated heterocycles. The quantitative estimate of drug-likeness (QED) is 0.842. The van der Waals surface area contributed by atoms with Crippen molar-refractivity contribution in [2.45, 2.75) is 12.0 Å². The molecular weight excluding hydrogens is 364 g/mol. The summed E-state index contributed by atoms with van der Waals surface area (Å²) in [6.07, 6.45) is -1.04. The van der Waals surface area contributed by atoms with Crippen LogP contribution in [0.5, 0.6) is 0 Å². The van der Waals surface area contributed by atoms with Crippen LogP contribution in [0.1, 0.15) is 23.1 Å². The maximum absolute atomic E-state index is 13.3. The minimum Gasteiger partial charge on any atom is -0.388 e. The lowest BCUT2D eigenvalue weighted by Gasteiger charge is -2.23. The normalized spacial score (nSPS) is 14.0. The van der Waals surface area contributed by atoms with Crippen molar-refractivity contribution in [3.05, 3.63) is 68.7 Å². The van der Waals surface area contributed by atoms with Crippen molar-refractivity contribution in [1.82, 2.24) is 0 Å². The Morgan fingerprint density at radius 3 is 2.33 bits per heavy atom. The summed E-state index contributed by atoms with van der Waals surface area (Å²) in [6, 6.07) is 8.07. The highest BCUT2D eigenvalue weighted by atomic mass is 79.9. The predicted molar refractivity (Wildman–Crippen MR) is 82.3 cm³/mol. The number of nitrogens with two attached hydrogens (primary N) is 1. The van der Waals surface area contributed by atoms with Crippen molar-refractivity contribution >= 4 is 27.5 Å². The van der Waals surface area contributed by atoms with Gasteiger partial charge in [0.1, 0.15) is 11.6 Å². The summed E-state index contributed by atoms with van der Waals surface area (Å²) in [6.45, 7) is 0.0308. The van der Waals surface area contributed by atoms with E-state index >= 15 is 0 Å². The van der Waals surface area contributed by atoms with E-state index < -0.39 is 23.7 Å². The summed E-state index contributed by atoms with van der Waals surface area (Å²) in [5.41, 5.74) is 6.49. The third kappa shape index (κ3) is 3.80. The highest BCUT2D eigenvalue weighted by molar-refractivity contribution is 9.10. The molecule has 0 amide bonds. The SMILES string of the molecule is NCC(c1cc(F)cc(F)c1)C(O)c1cc(Cl)ccc1Br. The van der Waals surface area contributed by atoms with Crippen LogP contribution in [0, 0.1) is 11.6 Å². The largest absolute Gasteiger partial charge is 0.388 e. The standard InChI is InChI=1S/C15H13BrClF2NO/c16-14-2-1-9(17)5-12(14)15(21)13(7-20)8-3-10(18)6-11(19)4-8/h1-6,13,15,21H,7,20H2. The second-order valence-electron chi connectivity index (χ2n) is 4.66. The zero-order chi connectivity index (χ0) is 15.6. The van der Waals surface area contributed by atoms with E-state index in [9.17, 15) is 13.9 Å². The molecule has 2 rings (SSSR count).